The summed E-state index contributed by atoms with van der Waals surface area (Å²) in [5, 5.41) is 13.4. The van der Waals surface area contributed by atoms with Gasteiger partial charge in [-0.15, -0.1) is 0 Å². The molecule has 18 heavy (non-hydrogen) atoms. The molecule has 106 valence electrons. The average molecular weight is 281 g/mol. The Morgan fingerprint density at radius 2 is 1.83 bits per heavy atom. The van der Waals surface area contributed by atoms with Crippen molar-refractivity contribution < 1.29 is 23.1 Å². The van der Waals surface area contributed by atoms with E-state index in [9.17, 15) is 18.0 Å². The van der Waals surface area contributed by atoms with Crippen LogP contribution in [-0.4, -0.2) is 50.9 Å². The van der Waals surface area contributed by atoms with Gasteiger partial charge < -0.3 is 15.7 Å². The molecule has 4 N–H and O–H groups in total. The molecule has 0 aromatic carbocycles. The van der Waals surface area contributed by atoms with E-state index in [-0.39, 0.29) is 18.2 Å². The van der Waals surface area contributed by atoms with E-state index in [0.29, 0.717) is 0 Å². The van der Waals surface area contributed by atoms with Crippen LogP contribution in [0.4, 0.5) is 4.79 Å². The highest BCUT2D eigenvalue weighted by Gasteiger charge is 2.23. The fourth-order valence-electron chi connectivity index (χ4n) is 1.11. The number of nitrogens with one attached hydrogen (secondary N) is 3. The molecule has 1 atom stereocenters. The van der Waals surface area contributed by atoms with Crippen molar-refractivity contribution >= 4 is 22.0 Å². The van der Waals surface area contributed by atoms with Crippen LogP contribution in [0.3, 0.4) is 0 Å². The third-order valence-corrected chi connectivity index (χ3v) is 3.55. The molecule has 2 amide bonds. The molecule has 1 unspecified atom stereocenters. The molecular formula is C9H19N3O5S. The lowest BCUT2D eigenvalue weighted by Crippen LogP contribution is -2.49. The zero-order valence-corrected chi connectivity index (χ0v) is 11.4. The highest BCUT2D eigenvalue weighted by atomic mass is 32.2. The van der Waals surface area contributed by atoms with Crippen LogP contribution in [0.2, 0.25) is 0 Å². The Bertz CT molecular complexity index is 393. The van der Waals surface area contributed by atoms with Gasteiger partial charge in [0.25, 0.3) is 0 Å². The molecule has 0 rings (SSSR count). The molecule has 0 radical (unpaired) electrons. The first-order valence-corrected chi connectivity index (χ1v) is 7.03. The fourth-order valence-corrected chi connectivity index (χ4v) is 1.68. The number of aliphatic carboxylic acids is 1. The van der Waals surface area contributed by atoms with Gasteiger partial charge in [0.1, 0.15) is 6.04 Å². The molecule has 0 spiro atoms. The predicted octanol–water partition coefficient (Wildman–Crippen LogP) is -1.06. The Balaban J connectivity index is 4.16. The zero-order valence-electron chi connectivity index (χ0n) is 10.6. The summed E-state index contributed by atoms with van der Waals surface area (Å²) in [5.74, 6) is -1.67. The van der Waals surface area contributed by atoms with Crippen LogP contribution in [0.15, 0.2) is 0 Å². The second kappa shape index (κ2) is 7.17. The monoisotopic (exact) mass is 281 g/mol. The van der Waals surface area contributed by atoms with Crippen LogP contribution in [0, 0.1) is 5.92 Å². The summed E-state index contributed by atoms with van der Waals surface area (Å²) in [6, 6.07) is -1.71. The van der Waals surface area contributed by atoms with E-state index >= 15 is 0 Å². The molecule has 0 saturated carbocycles. The SMILES string of the molecule is CNS(=O)(=O)CCNC(=O)NC(C(=O)O)C(C)C. The number of rotatable bonds is 7. The van der Waals surface area contributed by atoms with E-state index in [1.165, 1.54) is 7.05 Å². The van der Waals surface area contributed by atoms with Crippen LogP contribution in [-0.2, 0) is 14.8 Å². The third-order valence-electron chi connectivity index (χ3n) is 2.19. The number of carbonyl (C=O) groups excluding carboxylic acids is 1. The minimum absolute atomic E-state index is 0.0978. The van der Waals surface area contributed by atoms with Gasteiger partial charge in [0.05, 0.1) is 5.75 Å². The van der Waals surface area contributed by atoms with Crippen molar-refractivity contribution in [3.63, 3.8) is 0 Å². The van der Waals surface area contributed by atoms with Crippen LogP contribution < -0.4 is 15.4 Å². The first-order chi connectivity index (χ1) is 8.19. The van der Waals surface area contributed by atoms with Crippen molar-refractivity contribution in [2.75, 3.05) is 19.3 Å². The number of carboxylic acids is 1. The Labute approximate surface area is 106 Å². The lowest BCUT2D eigenvalue weighted by molar-refractivity contribution is -0.140. The maximum Gasteiger partial charge on any atom is 0.326 e. The maximum atomic E-state index is 11.3. The quantitative estimate of drug-likeness (QED) is 0.473. The second-order valence-corrected chi connectivity index (χ2v) is 6.03. The summed E-state index contributed by atoms with van der Waals surface area (Å²) in [5.41, 5.74) is 0. The number of amides is 2. The van der Waals surface area contributed by atoms with Gasteiger partial charge in [-0.05, 0) is 13.0 Å². The number of sulfonamides is 1. The molecule has 0 aliphatic heterocycles. The molecule has 0 aliphatic rings. The van der Waals surface area contributed by atoms with Gasteiger partial charge in [0.15, 0.2) is 0 Å². The number of carbonyl (C=O) groups is 2. The Kier molecular flexibility index (Phi) is 6.63. The number of urea groups is 1. The summed E-state index contributed by atoms with van der Waals surface area (Å²) in [6.07, 6.45) is 0. The minimum Gasteiger partial charge on any atom is -0.480 e. The van der Waals surface area contributed by atoms with Gasteiger partial charge >= 0.3 is 12.0 Å². The summed E-state index contributed by atoms with van der Waals surface area (Å²) in [6.45, 7) is 3.22. The molecule has 0 aliphatic carbocycles. The number of carboxylic acid groups (broad SMARTS) is 1. The van der Waals surface area contributed by atoms with Crippen LogP contribution in [0.25, 0.3) is 0 Å². The Hall–Kier alpha value is -1.35. The molecule has 8 nitrogen and oxygen atoms in total. The molecular weight excluding hydrogens is 262 g/mol. The lowest BCUT2D eigenvalue weighted by atomic mass is 10.1. The molecule has 0 aromatic rings. The van der Waals surface area contributed by atoms with Gasteiger partial charge in [-0.2, -0.15) is 0 Å². The highest BCUT2D eigenvalue weighted by molar-refractivity contribution is 7.89. The van der Waals surface area contributed by atoms with E-state index in [0.717, 1.165) is 0 Å². The molecule has 0 heterocycles. The molecule has 0 fully saturated rings. The largest absolute Gasteiger partial charge is 0.480 e. The van der Waals surface area contributed by atoms with E-state index in [1.54, 1.807) is 13.8 Å². The first kappa shape index (κ1) is 16.6. The summed E-state index contributed by atoms with van der Waals surface area (Å²) in [4.78, 5) is 22.1. The number of hydrogen-bond donors (Lipinski definition) is 4. The normalized spacial score (nSPS) is 13.1. The van der Waals surface area contributed by atoms with Crippen LogP contribution in [0.1, 0.15) is 13.8 Å². The summed E-state index contributed by atoms with van der Waals surface area (Å²) in [7, 11) is -2.11. The van der Waals surface area contributed by atoms with Crippen molar-refractivity contribution in [2.24, 2.45) is 5.92 Å². The minimum atomic E-state index is -3.39. The first-order valence-electron chi connectivity index (χ1n) is 5.38. The maximum absolute atomic E-state index is 11.3. The van der Waals surface area contributed by atoms with E-state index in [2.05, 4.69) is 15.4 Å². The van der Waals surface area contributed by atoms with Gasteiger partial charge in [-0.1, -0.05) is 13.8 Å². The molecule has 9 heteroatoms. The van der Waals surface area contributed by atoms with Crippen molar-refractivity contribution in [3.8, 4) is 0 Å². The number of hydrogen-bond acceptors (Lipinski definition) is 4. The Morgan fingerprint density at radius 1 is 1.28 bits per heavy atom. The predicted molar refractivity (Wildman–Crippen MR) is 65.6 cm³/mol. The second-order valence-electron chi connectivity index (χ2n) is 3.98. The van der Waals surface area contributed by atoms with Gasteiger partial charge in [0, 0.05) is 6.54 Å². The fraction of sp³-hybridized carbons (Fsp3) is 0.778. The van der Waals surface area contributed by atoms with Crippen molar-refractivity contribution in [3.05, 3.63) is 0 Å². The van der Waals surface area contributed by atoms with Gasteiger partial charge in [-0.3, -0.25) is 0 Å². The zero-order chi connectivity index (χ0) is 14.3. The summed E-state index contributed by atoms with van der Waals surface area (Å²) >= 11 is 0. The lowest BCUT2D eigenvalue weighted by Gasteiger charge is -2.18. The van der Waals surface area contributed by atoms with E-state index in [4.69, 9.17) is 5.11 Å². The standard InChI is InChI=1S/C9H19N3O5S/c1-6(2)7(8(13)14)12-9(15)11-4-5-18(16,17)10-3/h6-7,10H,4-5H2,1-3H3,(H,13,14)(H2,11,12,15). The molecule has 0 saturated heterocycles. The third kappa shape index (κ3) is 6.40. The van der Waals surface area contributed by atoms with Gasteiger partial charge in [0.2, 0.25) is 10.0 Å². The molecule has 0 bridgehead atoms. The van der Waals surface area contributed by atoms with Gasteiger partial charge in [-0.25, -0.2) is 22.7 Å². The summed E-state index contributed by atoms with van der Waals surface area (Å²) < 4.78 is 24.2. The van der Waals surface area contributed by atoms with Crippen molar-refractivity contribution in [1.82, 2.24) is 15.4 Å². The van der Waals surface area contributed by atoms with Crippen LogP contribution >= 0.6 is 0 Å². The van der Waals surface area contributed by atoms with Crippen molar-refractivity contribution in [1.29, 1.82) is 0 Å². The average Bonchev–Trinajstić information content (AvgIpc) is 2.24. The van der Waals surface area contributed by atoms with E-state index < -0.39 is 28.1 Å². The topological polar surface area (TPSA) is 125 Å². The highest BCUT2D eigenvalue weighted by Crippen LogP contribution is 2.00. The Morgan fingerprint density at radius 3 is 2.22 bits per heavy atom. The molecule has 0 aromatic heterocycles. The van der Waals surface area contributed by atoms with E-state index in [1.807, 2.05) is 0 Å². The smallest absolute Gasteiger partial charge is 0.326 e. The van der Waals surface area contributed by atoms with Crippen LogP contribution in [0.5, 0.6) is 0 Å². The van der Waals surface area contributed by atoms with Crippen molar-refractivity contribution in [2.45, 2.75) is 19.9 Å².